The second-order valence-electron chi connectivity index (χ2n) is 6.07. The quantitative estimate of drug-likeness (QED) is 0.620. The van der Waals surface area contributed by atoms with E-state index in [1.807, 2.05) is 34.6 Å². The zero-order valence-corrected chi connectivity index (χ0v) is 13.5. The number of carbonyl (C=O) groups excluding carboxylic acids is 2. The van der Waals surface area contributed by atoms with Crippen LogP contribution in [0.2, 0.25) is 0 Å². The first kappa shape index (κ1) is 18.2. The van der Waals surface area contributed by atoms with Crippen molar-refractivity contribution < 1.29 is 14.3 Å². The first-order chi connectivity index (χ1) is 8.57. The summed E-state index contributed by atoms with van der Waals surface area (Å²) in [4.78, 5) is 28.2. The Kier molecular flexibility index (Phi) is 6.80. The summed E-state index contributed by atoms with van der Waals surface area (Å²) in [5.74, 6) is -0.697. The Labute approximate surface area is 120 Å². The Morgan fingerprint density at radius 3 is 2.00 bits per heavy atom. The highest BCUT2D eigenvalue weighted by atomic mass is 35.5. The zero-order chi connectivity index (χ0) is 15.4. The minimum Gasteiger partial charge on any atom is -0.467 e. The summed E-state index contributed by atoms with van der Waals surface area (Å²) in [5.41, 5.74) is -0.356. The van der Waals surface area contributed by atoms with Crippen LogP contribution in [0.4, 0.5) is 0 Å². The fourth-order valence-electron chi connectivity index (χ4n) is 1.92. The fourth-order valence-corrected chi connectivity index (χ4v) is 2.34. The van der Waals surface area contributed by atoms with Crippen molar-refractivity contribution in [3.63, 3.8) is 0 Å². The zero-order valence-electron chi connectivity index (χ0n) is 12.8. The summed E-state index contributed by atoms with van der Waals surface area (Å²) in [6, 6.07) is -1.20. The Balaban J connectivity index is 5.20. The van der Waals surface area contributed by atoms with Gasteiger partial charge in [0.2, 0.25) is 5.91 Å². The molecule has 0 spiro atoms. The minimum atomic E-state index is -0.618. The van der Waals surface area contributed by atoms with Crippen LogP contribution in [0.3, 0.4) is 0 Å². The molecule has 0 heterocycles. The number of ether oxygens (including phenoxy) is 1. The number of methoxy groups -OCH3 is 1. The van der Waals surface area contributed by atoms with E-state index in [0.717, 1.165) is 0 Å². The number of esters is 1. The first-order valence-electron chi connectivity index (χ1n) is 6.28. The number of carbonyl (C=O) groups is 2. The molecule has 1 N–H and O–H groups in total. The molecule has 0 aromatic rings. The smallest absolute Gasteiger partial charge is 0.328 e. The highest BCUT2D eigenvalue weighted by Crippen LogP contribution is 2.23. The van der Waals surface area contributed by atoms with Crippen molar-refractivity contribution in [1.29, 1.82) is 0 Å². The molecule has 0 aliphatic rings. The average molecular weight is 293 g/mol. The first-order valence-corrected chi connectivity index (χ1v) is 6.66. The van der Waals surface area contributed by atoms with Crippen molar-refractivity contribution in [3.8, 4) is 0 Å². The molecule has 0 bridgehead atoms. The molecule has 5 nitrogen and oxygen atoms in total. The third kappa shape index (κ3) is 4.66. The Bertz CT molecular complexity index is 326. The summed E-state index contributed by atoms with van der Waals surface area (Å²) in [5, 5.41) is 0. The number of amides is 1. The number of nitrogens with zero attached hydrogens (tertiary/aromatic N) is 1. The van der Waals surface area contributed by atoms with Gasteiger partial charge in [-0.1, -0.05) is 34.6 Å². The van der Waals surface area contributed by atoms with Gasteiger partial charge in [0.1, 0.15) is 12.1 Å². The Morgan fingerprint density at radius 2 is 1.74 bits per heavy atom. The van der Waals surface area contributed by atoms with Gasteiger partial charge >= 0.3 is 5.97 Å². The predicted octanol–water partition coefficient (Wildman–Crippen LogP) is 1.80. The predicted molar refractivity (Wildman–Crippen MR) is 75.6 cm³/mol. The van der Waals surface area contributed by atoms with Crippen molar-refractivity contribution >= 4 is 23.7 Å². The largest absolute Gasteiger partial charge is 0.467 e. The van der Waals surface area contributed by atoms with Crippen LogP contribution in [0.25, 0.3) is 0 Å². The van der Waals surface area contributed by atoms with Gasteiger partial charge in [-0.3, -0.25) is 4.79 Å². The summed E-state index contributed by atoms with van der Waals surface area (Å²) in [7, 11) is 2.91. The molecule has 112 valence electrons. The molecule has 0 rings (SSSR count). The van der Waals surface area contributed by atoms with E-state index in [2.05, 4.69) is 4.84 Å². The Hall–Kier alpha value is -0.810. The lowest BCUT2D eigenvalue weighted by atomic mass is 9.86. The van der Waals surface area contributed by atoms with Gasteiger partial charge in [0, 0.05) is 7.05 Å². The van der Waals surface area contributed by atoms with Crippen LogP contribution < -0.4 is 4.84 Å². The number of nitrogens with one attached hydrogen (secondary N) is 1. The van der Waals surface area contributed by atoms with E-state index in [0.29, 0.717) is 0 Å². The highest BCUT2D eigenvalue weighted by Gasteiger charge is 2.38. The van der Waals surface area contributed by atoms with E-state index in [1.54, 1.807) is 7.05 Å². The average Bonchev–Trinajstić information content (AvgIpc) is 2.27. The van der Waals surface area contributed by atoms with E-state index in [4.69, 9.17) is 16.5 Å². The molecule has 0 aliphatic heterocycles. The molecule has 0 saturated carbocycles. The summed E-state index contributed by atoms with van der Waals surface area (Å²) >= 11 is 5.68. The SMILES string of the molecule is COC(=O)C(C(C)C)N(C)C(=O)C(NCl)C(C)(C)C. The van der Waals surface area contributed by atoms with E-state index in [-0.39, 0.29) is 17.2 Å². The third-order valence-corrected chi connectivity index (χ3v) is 3.28. The van der Waals surface area contributed by atoms with Crippen LogP contribution in [0.1, 0.15) is 34.6 Å². The maximum absolute atomic E-state index is 12.5. The van der Waals surface area contributed by atoms with Crippen molar-refractivity contribution in [2.45, 2.75) is 46.7 Å². The number of rotatable bonds is 5. The summed E-state index contributed by atoms with van der Waals surface area (Å²) < 4.78 is 4.76. The number of hydrogen-bond donors (Lipinski definition) is 1. The number of hydrogen-bond acceptors (Lipinski definition) is 4. The third-order valence-electron chi connectivity index (χ3n) is 3.06. The molecule has 6 heteroatoms. The lowest BCUT2D eigenvalue weighted by Gasteiger charge is -2.35. The van der Waals surface area contributed by atoms with Gasteiger partial charge in [-0.05, 0) is 23.1 Å². The maximum Gasteiger partial charge on any atom is 0.328 e. The van der Waals surface area contributed by atoms with Crippen LogP contribution in [0, 0.1) is 11.3 Å². The maximum atomic E-state index is 12.5. The molecule has 0 aromatic carbocycles. The van der Waals surface area contributed by atoms with Crippen molar-refractivity contribution in [2.75, 3.05) is 14.2 Å². The van der Waals surface area contributed by atoms with E-state index in [9.17, 15) is 9.59 Å². The van der Waals surface area contributed by atoms with Gasteiger partial charge in [0.05, 0.1) is 7.11 Å². The summed E-state index contributed by atoms with van der Waals surface area (Å²) in [6.07, 6.45) is 0. The molecule has 2 atom stereocenters. The lowest BCUT2D eigenvalue weighted by molar-refractivity contribution is -0.155. The minimum absolute atomic E-state index is 0.0441. The molecule has 1 amide bonds. The van der Waals surface area contributed by atoms with Crippen molar-refractivity contribution in [2.24, 2.45) is 11.3 Å². The van der Waals surface area contributed by atoms with Crippen LogP contribution in [-0.2, 0) is 14.3 Å². The molecular weight excluding hydrogens is 268 g/mol. The van der Waals surface area contributed by atoms with Gasteiger partial charge in [-0.25, -0.2) is 9.63 Å². The van der Waals surface area contributed by atoms with Crippen LogP contribution in [0.5, 0.6) is 0 Å². The number of likely N-dealkylation sites (N-methyl/N-ethyl adjacent to an activating group) is 1. The molecule has 2 unspecified atom stereocenters. The molecule has 0 aliphatic carbocycles. The van der Waals surface area contributed by atoms with Crippen LogP contribution in [0.15, 0.2) is 0 Å². The summed E-state index contributed by atoms with van der Waals surface area (Å²) in [6.45, 7) is 9.45. The van der Waals surface area contributed by atoms with Crippen molar-refractivity contribution in [1.82, 2.24) is 9.74 Å². The van der Waals surface area contributed by atoms with Gasteiger partial charge < -0.3 is 9.64 Å². The van der Waals surface area contributed by atoms with E-state index in [1.165, 1.54) is 12.0 Å². The fraction of sp³-hybridized carbons (Fsp3) is 0.846. The lowest BCUT2D eigenvalue weighted by Crippen LogP contribution is -2.55. The second-order valence-corrected chi connectivity index (χ2v) is 6.29. The molecule has 19 heavy (non-hydrogen) atoms. The van der Waals surface area contributed by atoms with Crippen molar-refractivity contribution in [3.05, 3.63) is 0 Å². The molecule has 0 aromatic heterocycles. The van der Waals surface area contributed by atoms with Gasteiger partial charge in [-0.2, -0.15) is 0 Å². The van der Waals surface area contributed by atoms with Gasteiger partial charge in [-0.15, -0.1) is 0 Å². The number of halogens is 1. The normalized spacial score (nSPS) is 15.0. The molecular formula is C13H25ClN2O3. The molecule has 0 radical (unpaired) electrons. The van der Waals surface area contributed by atoms with E-state index >= 15 is 0 Å². The topological polar surface area (TPSA) is 58.6 Å². The monoisotopic (exact) mass is 292 g/mol. The van der Waals surface area contributed by atoms with Crippen LogP contribution in [-0.4, -0.2) is 43.0 Å². The molecule has 0 fully saturated rings. The standard InChI is InChI=1S/C13H25ClN2O3/c1-8(2)9(12(18)19-7)16(6)11(17)10(15-14)13(3,4)5/h8-10,15H,1-7H3. The second kappa shape index (κ2) is 7.10. The van der Waals surface area contributed by atoms with Gasteiger partial charge in [0.25, 0.3) is 0 Å². The van der Waals surface area contributed by atoms with Crippen LogP contribution >= 0.6 is 11.8 Å². The highest BCUT2D eigenvalue weighted by molar-refractivity contribution is 6.15. The van der Waals surface area contributed by atoms with Gasteiger partial charge in [0.15, 0.2) is 0 Å². The Morgan fingerprint density at radius 1 is 1.26 bits per heavy atom. The van der Waals surface area contributed by atoms with E-state index < -0.39 is 18.1 Å². The molecule has 0 saturated heterocycles.